The number of sulfonamides is 1. The minimum absolute atomic E-state index is 0.0656. The van der Waals surface area contributed by atoms with Crippen molar-refractivity contribution in [3.8, 4) is 0 Å². The number of piperazine rings is 1. The SMILES string of the molecule is O=C(C[NH+]1CCN(S(=O)(=O)c2cccc(C(F)(F)F)c2)CC1)c1ccc[nH]1. The number of rotatable bonds is 5. The lowest BCUT2D eigenvalue weighted by Crippen LogP contribution is -3.15. The van der Waals surface area contributed by atoms with Crippen LogP contribution in [0.2, 0.25) is 0 Å². The smallest absolute Gasteiger partial charge is 0.359 e. The molecule has 0 bridgehead atoms. The highest BCUT2D eigenvalue weighted by Crippen LogP contribution is 2.31. The Kier molecular flexibility index (Phi) is 5.41. The number of carbonyl (C=O) groups excluding carboxylic acids is 1. The van der Waals surface area contributed by atoms with E-state index in [1.165, 1.54) is 10.4 Å². The highest BCUT2D eigenvalue weighted by molar-refractivity contribution is 7.89. The van der Waals surface area contributed by atoms with E-state index in [1.54, 1.807) is 18.3 Å². The fourth-order valence-electron chi connectivity index (χ4n) is 3.03. The van der Waals surface area contributed by atoms with Gasteiger partial charge in [0.2, 0.25) is 15.8 Å². The van der Waals surface area contributed by atoms with E-state index < -0.39 is 21.8 Å². The highest BCUT2D eigenvalue weighted by Gasteiger charge is 2.35. The van der Waals surface area contributed by atoms with E-state index in [1.807, 2.05) is 0 Å². The van der Waals surface area contributed by atoms with Crippen molar-refractivity contribution in [1.29, 1.82) is 0 Å². The Morgan fingerprint density at radius 2 is 1.85 bits per heavy atom. The van der Waals surface area contributed by atoms with Gasteiger partial charge in [-0.05, 0) is 30.3 Å². The minimum Gasteiger partial charge on any atom is -0.359 e. The number of hydrogen-bond acceptors (Lipinski definition) is 3. The first-order valence-corrected chi connectivity index (χ1v) is 9.79. The number of halogens is 3. The van der Waals surface area contributed by atoms with Gasteiger partial charge in [0.25, 0.3) is 0 Å². The van der Waals surface area contributed by atoms with Gasteiger partial charge in [-0.25, -0.2) is 8.42 Å². The van der Waals surface area contributed by atoms with E-state index >= 15 is 0 Å². The topological polar surface area (TPSA) is 74.7 Å². The monoisotopic (exact) mass is 402 g/mol. The van der Waals surface area contributed by atoms with Crippen LogP contribution >= 0.6 is 0 Å². The van der Waals surface area contributed by atoms with Gasteiger partial charge in [0, 0.05) is 6.20 Å². The number of aromatic amines is 1. The first-order chi connectivity index (χ1) is 12.7. The van der Waals surface area contributed by atoms with Gasteiger partial charge in [-0.3, -0.25) is 4.79 Å². The van der Waals surface area contributed by atoms with Gasteiger partial charge in [0.15, 0.2) is 0 Å². The van der Waals surface area contributed by atoms with Crippen LogP contribution in [0.5, 0.6) is 0 Å². The Labute approximate surface area is 154 Å². The molecule has 6 nitrogen and oxygen atoms in total. The summed E-state index contributed by atoms with van der Waals surface area (Å²) < 4.78 is 65.0. The van der Waals surface area contributed by atoms with Crippen molar-refractivity contribution in [1.82, 2.24) is 9.29 Å². The molecule has 2 heterocycles. The number of carbonyl (C=O) groups is 1. The summed E-state index contributed by atoms with van der Waals surface area (Å²) in [5.74, 6) is -0.0656. The van der Waals surface area contributed by atoms with E-state index in [9.17, 15) is 26.4 Å². The molecule has 2 N–H and O–H groups in total. The third-order valence-corrected chi connectivity index (χ3v) is 6.43. The molecule has 1 aromatic carbocycles. The first-order valence-electron chi connectivity index (χ1n) is 8.35. The number of hydrogen-bond donors (Lipinski definition) is 2. The van der Waals surface area contributed by atoms with Gasteiger partial charge in [0.05, 0.1) is 42.3 Å². The quantitative estimate of drug-likeness (QED) is 0.727. The number of aromatic nitrogens is 1. The van der Waals surface area contributed by atoms with Crippen LogP contribution in [0.3, 0.4) is 0 Å². The standard InChI is InChI=1S/C17H18F3N3O3S/c18-17(19,20)13-3-1-4-14(11-13)27(25,26)23-9-7-22(8-10-23)12-16(24)15-5-2-6-21-15/h1-6,11,21H,7-10,12H2/p+1. The number of nitrogens with one attached hydrogen (secondary N) is 2. The molecule has 10 heteroatoms. The average Bonchev–Trinajstić information content (AvgIpc) is 3.16. The molecule has 1 saturated heterocycles. The predicted molar refractivity (Wildman–Crippen MR) is 90.9 cm³/mol. The normalized spacial score (nSPS) is 17.1. The van der Waals surface area contributed by atoms with Crippen LogP contribution < -0.4 is 4.90 Å². The maximum Gasteiger partial charge on any atom is 0.416 e. The Bertz CT molecular complexity index is 903. The first kappa shape index (κ1) is 19.6. The molecule has 27 heavy (non-hydrogen) atoms. The molecule has 0 atom stereocenters. The summed E-state index contributed by atoms with van der Waals surface area (Å²) in [5, 5.41) is 0. The highest BCUT2D eigenvalue weighted by atomic mass is 32.2. The molecule has 1 aromatic heterocycles. The molecular formula is C17H19F3N3O3S+. The van der Waals surface area contributed by atoms with Crippen molar-refractivity contribution in [2.75, 3.05) is 32.7 Å². The average molecular weight is 402 g/mol. The number of nitrogens with zero attached hydrogens (tertiary/aromatic N) is 1. The molecule has 0 amide bonds. The van der Waals surface area contributed by atoms with E-state index in [4.69, 9.17) is 0 Å². The number of benzene rings is 1. The molecular weight excluding hydrogens is 383 g/mol. The zero-order chi connectivity index (χ0) is 19.7. The van der Waals surface area contributed by atoms with Crippen LogP contribution in [0, 0.1) is 0 Å². The van der Waals surface area contributed by atoms with Crippen LogP contribution in [0.25, 0.3) is 0 Å². The molecule has 146 valence electrons. The summed E-state index contributed by atoms with van der Waals surface area (Å²) in [5.41, 5.74) is -0.495. The fourth-order valence-corrected chi connectivity index (χ4v) is 4.52. The fraction of sp³-hybridized carbons (Fsp3) is 0.353. The summed E-state index contributed by atoms with van der Waals surface area (Å²) in [6.07, 6.45) is -2.95. The van der Waals surface area contributed by atoms with Crippen LogP contribution in [0.1, 0.15) is 16.1 Å². The van der Waals surface area contributed by atoms with Gasteiger partial charge < -0.3 is 9.88 Å². The maximum atomic E-state index is 12.8. The lowest BCUT2D eigenvalue weighted by molar-refractivity contribution is -0.895. The van der Waals surface area contributed by atoms with E-state index in [0.29, 0.717) is 24.8 Å². The third kappa shape index (κ3) is 4.40. The summed E-state index contributed by atoms with van der Waals surface area (Å²) in [6, 6.07) is 7.15. The second kappa shape index (κ2) is 7.45. The Balaban J connectivity index is 1.66. The van der Waals surface area contributed by atoms with Crippen molar-refractivity contribution in [3.05, 3.63) is 53.9 Å². The van der Waals surface area contributed by atoms with Gasteiger partial charge in [0.1, 0.15) is 6.54 Å². The number of H-pyrrole nitrogens is 1. The lowest BCUT2D eigenvalue weighted by Gasteiger charge is -2.31. The lowest BCUT2D eigenvalue weighted by atomic mass is 10.2. The van der Waals surface area contributed by atoms with Gasteiger partial charge in [-0.15, -0.1) is 0 Å². The largest absolute Gasteiger partial charge is 0.416 e. The van der Waals surface area contributed by atoms with Gasteiger partial charge >= 0.3 is 6.18 Å². The zero-order valence-electron chi connectivity index (χ0n) is 14.3. The Morgan fingerprint density at radius 3 is 2.44 bits per heavy atom. The van der Waals surface area contributed by atoms with Crippen molar-refractivity contribution >= 4 is 15.8 Å². The number of quaternary nitrogens is 1. The molecule has 2 aromatic rings. The number of alkyl halides is 3. The Hall–Kier alpha value is -2.17. The van der Waals surface area contributed by atoms with Crippen LogP contribution in [0.15, 0.2) is 47.5 Å². The molecule has 1 fully saturated rings. The number of Topliss-reactive ketones (excluding diaryl/α,β-unsaturated/α-hetero) is 1. The van der Waals surface area contributed by atoms with Crippen molar-refractivity contribution in [3.63, 3.8) is 0 Å². The second-order valence-corrected chi connectivity index (χ2v) is 8.30. The third-order valence-electron chi connectivity index (χ3n) is 4.54. The van der Waals surface area contributed by atoms with E-state index in [0.717, 1.165) is 17.0 Å². The summed E-state index contributed by atoms with van der Waals surface area (Å²) in [4.78, 5) is 15.5. The summed E-state index contributed by atoms with van der Waals surface area (Å²) in [7, 11) is -4.01. The maximum absolute atomic E-state index is 12.8. The Morgan fingerprint density at radius 1 is 1.15 bits per heavy atom. The summed E-state index contributed by atoms with van der Waals surface area (Å²) >= 11 is 0. The van der Waals surface area contributed by atoms with Crippen molar-refractivity contribution in [2.24, 2.45) is 0 Å². The van der Waals surface area contributed by atoms with Gasteiger partial charge in [-0.2, -0.15) is 17.5 Å². The van der Waals surface area contributed by atoms with Crippen molar-refractivity contribution in [2.45, 2.75) is 11.1 Å². The molecule has 1 aliphatic heterocycles. The van der Waals surface area contributed by atoms with E-state index in [-0.39, 0.29) is 30.3 Å². The minimum atomic E-state index is -4.60. The molecule has 0 unspecified atom stereocenters. The molecule has 0 spiro atoms. The zero-order valence-corrected chi connectivity index (χ0v) is 15.1. The second-order valence-electron chi connectivity index (χ2n) is 6.36. The molecule has 0 radical (unpaired) electrons. The van der Waals surface area contributed by atoms with Crippen LogP contribution in [0.4, 0.5) is 13.2 Å². The molecule has 0 aliphatic carbocycles. The van der Waals surface area contributed by atoms with Crippen molar-refractivity contribution < 1.29 is 31.3 Å². The predicted octanol–water partition coefficient (Wildman–Crippen LogP) is 0.806. The molecule has 0 saturated carbocycles. The van der Waals surface area contributed by atoms with Crippen LogP contribution in [-0.4, -0.2) is 56.2 Å². The van der Waals surface area contributed by atoms with Crippen LogP contribution in [-0.2, 0) is 16.2 Å². The van der Waals surface area contributed by atoms with E-state index in [2.05, 4.69) is 4.98 Å². The molecule has 3 rings (SSSR count). The summed E-state index contributed by atoms with van der Waals surface area (Å²) in [6.45, 7) is 1.34. The number of ketones is 1. The van der Waals surface area contributed by atoms with Gasteiger partial charge in [-0.1, -0.05) is 6.07 Å². The molecule has 1 aliphatic rings.